The molecule has 2 rings (SSSR count). The standard InChI is InChI=1S/C15H16O4/c1-18-13-8-10(9-14(19-2)15(13)17)7-11-5-3-4-6-12(11)16/h4,6-9,17H,3,5H2,1-2H3/b11-7+. The molecule has 0 radical (unpaired) electrons. The van der Waals surface area contributed by atoms with Gasteiger partial charge in [-0.1, -0.05) is 6.08 Å². The number of ether oxygens (including phenoxy) is 2. The number of hydrogen-bond acceptors (Lipinski definition) is 4. The maximum atomic E-state index is 11.7. The highest BCUT2D eigenvalue weighted by molar-refractivity contribution is 6.07. The van der Waals surface area contributed by atoms with Crippen molar-refractivity contribution in [3.8, 4) is 17.2 Å². The number of carbonyl (C=O) groups is 1. The number of ketones is 1. The zero-order chi connectivity index (χ0) is 13.8. The fraction of sp³-hybridized carbons (Fsp3) is 0.267. The maximum absolute atomic E-state index is 11.7. The van der Waals surface area contributed by atoms with Gasteiger partial charge in [0.25, 0.3) is 0 Å². The molecule has 0 saturated carbocycles. The van der Waals surface area contributed by atoms with E-state index in [4.69, 9.17) is 9.47 Å². The molecule has 1 aliphatic rings. The summed E-state index contributed by atoms with van der Waals surface area (Å²) in [4.78, 5) is 11.7. The number of allylic oxidation sites excluding steroid dienone is 3. The minimum atomic E-state index is -0.0398. The van der Waals surface area contributed by atoms with E-state index in [1.165, 1.54) is 14.2 Å². The van der Waals surface area contributed by atoms with E-state index in [0.717, 1.165) is 24.0 Å². The number of rotatable bonds is 3. The number of aromatic hydroxyl groups is 1. The monoisotopic (exact) mass is 260 g/mol. The van der Waals surface area contributed by atoms with Gasteiger partial charge in [0.05, 0.1) is 14.2 Å². The van der Waals surface area contributed by atoms with Crippen LogP contribution in [0.3, 0.4) is 0 Å². The normalized spacial score (nSPS) is 16.7. The Labute approximate surface area is 112 Å². The lowest BCUT2D eigenvalue weighted by Crippen LogP contribution is -2.02. The van der Waals surface area contributed by atoms with Crippen LogP contribution in [0, 0.1) is 0 Å². The highest BCUT2D eigenvalue weighted by Crippen LogP contribution is 2.37. The van der Waals surface area contributed by atoms with Crippen molar-refractivity contribution in [2.24, 2.45) is 0 Å². The van der Waals surface area contributed by atoms with Crippen molar-refractivity contribution in [1.29, 1.82) is 0 Å². The van der Waals surface area contributed by atoms with Crippen molar-refractivity contribution in [1.82, 2.24) is 0 Å². The van der Waals surface area contributed by atoms with Gasteiger partial charge in [-0.05, 0) is 42.7 Å². The van der Waals surface area contributed by atoms with Crippen molar-refractivity contribution in [2.75, 3.05) is 14.2 Å². The van der Waals surface area contributed by atoms with Crippen LogP contribution in [0.25, 0.3) is 6.08 Å². The van der Waals surface area contributed by atoms with Crippen LogP contribution in [0.4, 0.5) is 0 Å². The van der Waals surface area contributed by atoms with Crippen molar-refractivity contribution in [3.63, 3.8) is 0 Å². The molecule has 0 aromatic heterocycles. The summed E-state index contributed by atoms with van der Waals surface area (Å²) in [7, 11) is 2.94. The lowest BCUT2D eigenvalue weighted by molar-refractivity contribution is -0.111. The quantitative estimate of drug-likeness (QED) is 0.849. The summed E-state index contributed by atoms with van der Waals surface area (Å²) in [5.74, 6) is 0.634. The Morgan fingerprint density at radius 2 is 1.84 bits per heavy atom. The average molecular weight is 260 g/mol. The number of benzene rings is 1. The molecule has 1 aliphatic carbocycles. The minimum absolute atomic E-state index is 0.0252. The molecule has 19 heavy (non-hydrogen) atoms. The molecule has 0 saturated heterocycles. The largest absolute Gasteiger partial charge is 0.502 e. The fourth-order valence-corrected chi connectivity index (χ4v) is 2.00. The predicted octanol–water partition coefficient (Wildman–Crippen LogP) is 2.71. The second-order valence-corrected chi connectivity index (χ2v) is 4.25. The van der Waals surface area contributed by atoms with E-state index in [1.807, 2.05) is 6.08 Å². The lowest BCUT2D eigenvalue weighted by atomic mass is 9.97. The molecular weight excluding hydrogens is 244 g/mol. The first-order chi connectivity index (χ1) is 9.15. The zero-order valence-electron chi connectivity index (χ0n) is 11.0. The van der Waals surface area contributed by atoms with Gasteiger partial charge in [0.2, 0.25) is 5.75 Å². The van der Waals surface area contributed by atoms with Gasteiger partial charge in [0, 0.05) is 5.57 Å². The van der Waals surface area contributed by atoms with Crippen molar-refractivity contribution >= 4 is 11.9 Å². The minimum Gasteiger partial charge on any atom is -0.502 e. The molecule has 1 aromatic rings. The second kappa shape index (κ2) is 5.61. The Balaban J connectivity index is 2.43. The van der Waals surface area contributed by atoms with Crippen molar-refractivity contribution < 1.29 is 19.4 Å². The molecule has 4 nitrogen and oxygen atoms in total. The highest BCUT2D eigenvalue weighted by Gasteiger charge is 2.13. The van der Waals surface area contributed by atoms with E-state index in [9.17, 15) is 9.90 Å². The summed E-state index contributed by atoms with van der Waals surface area (Å²) < 4.78 is 10.2. The Hall–Kier alpha value is -2.23. The smallest absolute Gasteiger partial charge is 0.200 e. The average Bonchev–Trinajstić information content (AvgIpc) is 2.43. The van der Waals surface area contributed by atoms with Crippen LogP contribution in [-0.4, -0.2) is 25.1 Å². The lowest BCUT2D eigenvalue weighted by Gasteiger charge is -2.11. The third-order valence-electron chi connectivity index (χ3n) is 3.01. The van der Waals surface area contributed by atoms with Gasteiger partial charge < -0.3 is 14.6 Å². The van der Waals surface area contributed by atoms with E-state index in [-0.39, 0.29) is 11.5 Å². The van der Waals surface area contributed by atoms with Gasteiger partial charge >= 0.3 is 0 Å². The van der Waals surface area contributed by atoms with Gasteiger partial charge in [-0.15, -0.1) is 0 Å². The van der Waals surface area contributed by atoms with Crippen LogP contribution >= 0.6 is 0 Å². The van der Waals surface area contributed by atoms with Gasteiger partial charge in [-0.25, -0.2) is 0 Å². The number of phenolic OH excluding ortho intramolecular Hbond substituents is 1. The number of phenols is 1. The molecule has 0 atom stereocenters. The Morgan fingerprint density at radius 3 is 2.37 bits per heavy atom. The summed E-state index contributed by atoms with van der Waals surface area (Å²) in [6.07, 6.45) is 6.85. The molecule has 0 aliphatic heterocycles. The number of carbonyl (C=O) groups excluding carboxylic acids is 1. The first kappa shape index (κ1) is 13.2. The van der Waals surface area contributed by atoms with Crippen molar-refractivity contribution in [2.45, 2.75) is 12.8 Å². The first-order valence-corrected chi connectivity index (χ1v) is 6.02. The Morgan fingerprint density at radius 1 is 1.21 bits per heavy atom. The third kappa shape index (κ3) is 2.78. The summed E-state index contributed by atoms with van der Waals surface area (Å²) >= 11 is 0. The van der Waals surface area contributed by atoms with Crippen LogP contribution in [0.2, 0.25) is 0 Å². The molecule has 0 fully saturated rings. The number of hydrogen-bond donors (Lipinski definition) is 1. The molecular formula is C15H16O4. The molecule has 0 bridgehead atoms. The first-order valence-electron chi connectivity index (χ1n) is 6.02. The molecule has 4 heteroatoms. The van der Waals surface area contributed by atoms with E-state index in [1.54, 1.807) is 24.3 Å². The van der Waals surface area contributed by atoms with Gasteiger partial charge in [-0.3, -0.25) is 4.79 Å². The Bertz CT molecular complexity index is 530. The third-order valence-corrected chi connectivity index (χ3v) is 3.01. The van der Waals surface area contributed by atoms with Crippen LogP contribution < -0.4 is 9.47 Å². The van der Waals surface area contributed by atoms with Crippen molar-refractivity contribution in [3.05, 3.63) is 35.4 Å². The maximum Gasteiger partial charge on any atom is 0.200 e. The fourth-order valence-electron chi connectivity index (χ4n) is 2.00. The topological polar surface area (TPSA) is 55.8 Å². The SMILES string of the molecule is COc1cc(/C=C2\CCC=CC2=O)cc(OC)c1O. The van der Waals surface area contributed by atoms with Gasteiger partial charge in [-0.2, -0.15) is 0 Å². The van der Waals surface area contributed by atoms with Crippen LogP contribution in [0.1, 0.15) is 18.4 Å². The Kier molecular flexibility index (Phi) is 3.90. The van der Waals surface area contributed by atoms with E-state index in [0.29, 0.717) is 11.5 Å². The summed E-state index contributed by atoms with van der Waals surface area (Å²) in [6, 6.07) is 3.35. The predicted molar refractivity (Wildman–Crippen MR) is 72.6 cm³/mol. The summed E-state index contributed by atoms with van der Waals surface area (Å²) in [5, 5.41) is 9.82. The van der Waals surface area contributed by atoms with Crippen LogP contribution in [0.15, 0.2) is 29.9 Å². The molecule has 0 amide bonds. The number of methoxy groups -OCH3 is 2. The molecule has 1 aromatic carbocycles. The van der Waals surface area contributed by atoms with E-state index < -0.39 is 0 Å². The molecule has 0 unspecified atom stereocenters. The molecule has 0 spiro atoms. The van der Waals surface area contributed by atoms with Crippen LogP contribution in [-0.2, 0) is 4.79 Å². The second-order valence-electron chi connectivity index (χ2n) is 4.25. The summed E-state index contributed by atoms with van der Waals surface area (Å²) in [6.45, 7) is 0. The summed E-state index contributed by atoms with van der Waals surface area (Å²) in [5.41, 5.74) is 1.52. The highest BCUT2D eigenvalue weighted by atomic mass is 16.5. The van der Waals surface area contributed by atoms with E-state index in [2.05, 4.69) is 0 Å². The van der Waals surface area contributed by atoms with Gasteiger partial charge in [0.1, 0.15) is 0 Å². The van der Waals surface area contributed by atoms with Gasteiger partial charge in [0.15, 0.2) is 17.3 Å². The zero-order valence-corrected chi connectivity index (χ0v) is 11.0. The molecule has 1 N–H and O–H groups in total. The van der Waals surface area contributed by atoms with Crippen LogP contribution in [0.5, 0.6) is 17.2 Å². The molecule has 0 heterocycles. The van der Waals surface area contributed by atoms with E-state index >= 15 is 0 Å². The molecule has 100 valence electrons.